The van der Waals surface area contributed by atoms with Gasteiger partial charge in [0.25, 0.3) is 0 Å². The van der Waals surface area contributed by atoms with E-state index in [0.29, 0.717) is 17.9 Å². The van der Waals surface area contributed by atoms with Crippen LogP contribution in [0.2, 0.25) is 0 Å². The number of aromatic carboxylic acids is 1. The van der Waals surface area contributed by atoms with Gasteiger partial charge in [0.15, 0.2) is 5.78 Å². The SMILES string of the molecule is CC(C)CC(=O)c1ccc(C(=O)O)cc1.[H-].[Na+]. The molecule has 0 saturated heterocycles. The molecule has 16 heavy (non-hydrogen) atoms. The molecule has 0 radical (unpaired) electrons. The molecule has 0 saturated carbocycles. The maximum absolute atomic E-state index is 11.6. The molecule has 0 spiro atoms. The molecule has 0 aliphatic rings. The number of carboxylic acid groups (broad SMARTS) is 1. The first-order valence-corrected chi connectivity index (χ1v) is 4.87. The second-order valence-corrected chi connectivity index (χ2v) is 3.90. The van der Waals surface area contributed by atoms with Crippen molar-refractivity contribution >= 4 is 11.8 Å². The Bertz CT molecular complexity index is 374. The fraction of sp³-hybridized carbons (Fsp3) is 0.333. The molecule has 0 unspecified atom stereocenters. The summed E-state index contributed by atoms with van der Waals surface area (Å²) in [6.45, 7) is 3.95. The predicted octanol–water partition coefficient (Wildman–Crippen LogP) is -0.270. The monoisotopic (exact) mass is 230 g/mol. The van der Waals surface area contributed by atoms with Gasteiger partial charge >= 0.3 is 35.5 Å². The molecule has 0 aliphatic carbocycles. The number of carbonyl (C=O) groups excluding carboxylic acids is 1. The van der Waals surface area contributed by atoms with Gasteiger partial charge in [0.05, 0.1) is 5.56 Å². The number of ketones is 1. The van der Waals surface area contributed by atoms with Gasteiger partial charge in [-0.1, -0.05) is 26.0 Å². The standard InChI is InChI=1S/C12H14O3.Na.H/c1-8(2)7-11(13)9-3-5-10(6-4-9)12(14)15;;/h3-6,8H,7H2,1-2H3,(H,14,15);;/q;+1;-1. The Balaban J connectivity index is 0. The number of hydrogen-bond acceptors (Lipinski definition) is 2. The Labute approximate surface area is 119 Å². The minimum atomic E-state index is -0.974. The van der Waals surface area contributed by atoms with E-state index < -0.39 is 5.97 Å². The number of Topliss-reactive ketones (excluding diaryl/α,β-unsaturated/α-hetero) is 1. The van der Waals surface area contributed by atoms with Gasteiger partial charge in [-0.3, -0.25) is 4.79 Å². The van der Waals surface area contributed by atoms with E-state index in [2.05, 4.69) is 0 Å². The zero-order valence-electron chi connectivity index (χ0n) is 10.9. The molecule has 3 nitrogen and oxygen atoms in total. The van der Waals surface area contributed by atoms with Crippen LogP contribution in [0.3, 0.4) is 0 Å². The summed E-state index contributed by atoms with van der Waals surface area (Å²) in [5.74, 6) is -0.601. The molecule has 1 N–H and O–H groups in total. The zero-order valence-corrected chi connectivity index (χ0v) is 11.9. The maximum Gasteiger partial charge on any atom is 1.00 e. The van der Waals surface area contributed by atoms with Crippen LogP contribution in [0.4, 0.5) is 0 Å². The van der Waals surface area contributed by atoms with Crippen molar-refractivity contribution in [3.63, 3.8) is 0 Å². The molecule has 0 heterocycles. The average Bonchev–Trinajstić information content (AvgIpc) is 2.17. The number of carbonyl (C=O) groups is 2. The molecule has 4 heteroatoms. The largest absolute Gasteiger partial charge is 1.00 e. The minimum absolute atomic E-state index is 0. The first-order valence-electron chi connectivity index (χ1n) is 4.87. The van der Waals surface area contributed by atoms with E-state index in [1.807, 2.05) is 13.8 Å². The van der Waals surface area contributed by atoms with E-state index in [-0.39, 0.29) is 42.3 Å². The maximum atomic E-state index is 11.6. The van der Waals surface area contributed by atoms with E-state index in [1.165, 1.54) is 12.1 Å². The third-order valence-corrected chi connectivity index (χ3v) is 2.05. The zero-order chi connectivity index (χ0) is 11.4. The second-order valence-electron chi connectivity index (χ2n) is 3.90. The molecule has 0 aliphatic heterocycles. The summed E-state index contributed by atoms with van der Waals surface area (Å²) in [5, 5.41) is 8.67. The number of rotatable bonds is 4. The van der Waals surface area contributed by atoms with Crippen molar-refractivity contribution in [2.24, 2.45) is 5.92 Å². The number of benzene rings is 1. The molecular formula is C12H15NaO3. The van der Waals surface area contributed by atoms with Crippen LogP contribution in [-0.2, 0) is 0 Å². The van der Waals surface area contributed by atoms with Gasteiger partial charge in [-0.15, -0.1) is 0 Å². The summed E-state index contributed by atoms with van der Waals surface area (Å²) in [4.78, 5) is 22.2. The van der Waals surface area contributed by atoms with Gasteiger partial charge in [0.1, 0.15) is 0 Å². The van der Waals surface area contributed by atoms with Crippen LogP contribution < -0.4 is 29.6 Å². The third-order valence-electron chi connectivity index (χ3n) is 2.05. The van der Waals surface area contributed by atoms with Crippen LogP contribution in [-0.4, -0.2) is 16.9 Å². The quantitative estimate of drug-likeness (QED) is 0.572. The topological polar surface area (TPSA) is 54.4 Å². The summed E-state index contributed by atoms with van der Waals surface area (Å²) < 4.78 is 0. The summed E-state index contributed by atoms with van der Waals surface area (Å²) in [7, 11) is 0. The van der Waals surface area contributed by atoms with E-state index in [9.17, 15) is 9.59 Å². The molecule has 0 amide bonds. The summed E-state index contributed by atoms with van der Waals surface area (Å²) in [5.41, 5.74) is 0.782. The molecule has 0 bridgehead atoms. The predicted molar refractivity (Wildman–Crippen MR) is 58.3 cm³/mol. The Morgan fingerprint density at radius 2 is 1.62 bits per heavy atom. The minimum Gasteiger partial charge on any atom is -1.00 e. The molecule has 1 aromatic rings. The molecule has 82 valence electrons. The van der Waals surface area contributed by atoms with Crippen molar-refractivity contribution in [2.75, 3.05) is 0 Å². The second kappa shape index (κ2) is 6.84. The number of hydrogen-bond donors (Lipinski definition) is 1. The first kappa shape index (κ1) is 15.4. The summed E-state index contributed by atoms with van der Waals surface area (Å²) >= 11 is 0. The Kier molecular flexibility index (Phi) is 6.56. The molecule has 0 atom stereocenters. The molecule has 0 fully saturated rings. The van der Waals surface area contributed by atoms with Gasteiger partial charge < -0.3 is 6.53 Å². The van der Waals surface area contributed by atoms with Gasteiger partial charge in [0.2, 0.25) is 0 Å². The normalized spacial score (nSPS) is 9.69. The Hall–Kier alpha value is -0.640. The van der Waals surface area contributed by atoms with Crippen molar-refractivity contribution in [2.45, 2.75) is 20.3 Å². The van der Waals surface area contributed by atoms with E-state index in [1.54, 1.807) is 12.1 Å². The van der Waals surface area contributed by atoms with Crippen LogP contribution >= 0.6 is 0 Å². The van der Waals surface area contributed by atoms with Crippen LogP contribution in [0.1, 0.15) is 42.4 Å². The Morgan fingerprint density at radius 3 is 2.00 bits per heavy atom. The van der Waals surface area contributed by atoms with E-state index in [0.717, 1.165) is 0 Å². The molecular weight excluding hydrogens is 215 g/mol. The van der Waals surface area contributed by atoms with Crippen LogP contribution in [0.25, 0.3) is 0 Å². The van der Waals surface area contributed by atoms with Crippen LogP contribution in [0, 0.1) is 5.92 Å². The summed E-state index contributed by atoms with van der Waals surface area (Å²) in [6, 6.07) is 6.04. The Morgan fingerprint density at radius 1 is 1.19 bits per heavy atom. The number of carboxylic acids is 1. The molecule has 0 aromatic heterocycles. The van der Waals surface area contributed by atoms with E-state index in [4.69, 9.17) is 5.11 Å². The van der Waals surface area contributed by atoms with Crippen LogP contribution in [0.15, 0.2) is 24.3 Å². The van der Waals surface area contributed by atoms with Crippen molar-refractivity contribution in [1.29, 1.82) is 0 Å². The summed E-state index contributed by atoms with van der Waals surface area (Å²) in [6.07, 6.45) is 0.492. The van der Waals surface area contributed by atoms with Gasteiger partial charge in [-0.05, 0) is 18.1 Å². The third kappa shape index (κ3) is 4.47. The van der Waals surface area contributed by atoms with Gasteiger partial charge in [0, 0.05) is 12.0 Å². The van der Waals surface area contributed by atoms with E-state index >= 15 is 0 Å². The van der Waals surface area contributed by atoms with Crippen molar-refractivity contribution in [3.05, 3.63) is 35.4 Å². The van der Waals surface area contributed by atoms with Crippen LogP contribution in [0.5, 0.6) is 0 Å². The van der Waals surface area contributed by atoms with Crippen molar-refractivity contribution in [1.82, 2.24) is 0 Å². The average molecular weight is 230 g/mol. The smallest absolute Gasteiger partial charge is 1.00 e. The molecule has 1 rings (SSSR count). The fourth-order valence-electron chi connectivity index (χ4n) is 1.29. The van der Waals surface area contributed by atoms with Crippen molar-refractivity contribution < 1.29 is 45.7 Å². The molecule has 1 aromatic carbocycles. The van der Waals surface area contributed by atoms with Gasteiger partial charge in [-0.25, -0.2) is 4.79 Å². The fourth-order valence-corrected chi connectivity index (χ4v) is 1.29. The first-order chi connectivity index (χ1) is 7.00. The van der Waals surface area contributed by atoms with Crippen molar-refractivity contribution in [3.8, 4) is 0 Å². The van der Waals surface area contributed by atoms with Gasteiger partial charge in [-0.2, -0.15) is 0 Å².